The number of piperidine rings is 1. The molecule has 2 heterocycles. The Hall–Kier alpha value is -0.830. The van der Waals surface area contributed by atoms with E-state index in [1.165, 1.54) is 25.0 Å². The number of nitrogens with zero attached hydrogens (tertiary/aromatic N) is 2. The van der Waals surface area contributed by atoms with Crippen LogP contribution in [0, 0.1) is 17.8 Å². The number of rotatable bonds is 5. The van der Waals surface area contributed by atoms with Gasteiger partial charge in [0.2, 0.25) is 0 Å². The number of nitrogens with one attached hydrogen (secondary N) is 1. The van der Waals surface area contributed by atoms with E-state index in [2.05, 4.69) is 55.7 Å². The minimum atomic E-state index is 0.487. The summed E-state index contributed by atoms with van der Waals surface area (Å²) < 4.78 is 2.39. The molecule has 114 valence electrons. The van der Waals surface area contributed by atoms with Crippen LogP contribution in [0.5, 0.6) is 0 Å². The normalized spacial score (nSPS) is 24.0. The molecule has 2 atom stereocenters. The van der Waals surface area contributed by atoms with Crippen LogP contribution < -0.4 is 5.32 Å². The van der Waals surface area contributed by atoms with Crippen LogP contribution in [0.25, 0.3) is 0 Å². The van der Waals surface area contributed by atoms with Crippen LogP contribution in [0.15, 0.2) is 12.5 Å². The van der Waals surface area contributed by atoms with Gasteiger partial charge in [0.15, 0.2) is 0 Å². The first-order valence-corrected chi connectivity index (χ1v) is 8.25. The van der Waals surface area contributed by atoms with Gasteiger partial charge in [-0.1, -0.05) is 27.7 Å². The van der Waals surface area contributed by atoms with Gasteiger partial charge in [-0.15, -0.1) is 0 Å². The molecule has 2 rings (SSSR count). The Balaban J connectivity index is 2.11. The molecule has 1 N–H and O–H groups in total. The molecular weight excluding hydrogens is 246 g/mol. The second kappa shape index (κ2) is 6.75. The lowest BCUT2D eigenvalue weighted by Gasteiger charge is -2.31. The van der Waals surface area contributed by atoms with E-state index in [9.17, 15) is 0 Å². The van der Waals surface area contributed by atoms with E-state index in [0.717, 1.165) is 6.54 Å². The monoisotopic (exact) mass is 277 g/mol. The van der Waals surface area contributed by atoms with Crippen molar-refractivity contribution in [2.45, 2.75) is 72.5 Å². The molecule has 3 heteroatoms. The van der Waals surface area contributed by atoms with Gasteiger partial charge in [-0.25, -0.2) is 4.98 Å². The highest BCUT2D eigenvalue weighted by atomic mass is 15.1. The van der Waals surface area contributed by atoms with E-state index in [0.29, 0.717) is 29.8 Å². The van der Waals surface area contributed by atoms with Gasteiger partial charge < -0.3 is 9.88 Å². The van der Waals surface area contributed by atoms with Crippen molar-refractivity contribution in [3.05, 3.63) is 18.2 Å². The summed E-state index contributed by atoms with van der Waals surface area (Å²) in [4.78, 5) is 4.42. The van der Waals surface area contributed by atoms with Crippen molar-refractivity contribution in [1.82, 2.24) is 14.9 Å². The highest BCUT2D eigenvalue weighted by Gasteiger charge is 2.24. The fourth-order valence-corrected chi connectivity index (χ4v) is 3.56. The Morgan fingerprint density at radius 1 is 1.25 bits per heavy atom. The molecule has 3 nitrogen and oxygen atoms in total. The van der Waals surface area contributed by atoms with Gasteiger partial charge in [0.25, 0.3) is 0 Å². The van der Waals surface area contributed by atoms with Crippen LogP contribution in [-0.2, 0) is 6.54 Å². The molecule has 1 aliphatic rings. The maximum Gasteiger partial charge on any atom is 0.0948 e. The lowest BCUT2D eigenvalue weighted by Crippen LogP contribution is -2.36. The average Bonchev–Trinajstić information content (AvgIpc) is 2.83. The minimum absolute atomic E-state index is 0.487. The maximum absolute atomic E-state index is 4.42. The summed E-state index contributed by atoms with van der Waals surface area (Å²) >= 11 is 0. The zero-order valence-electron chi connectivity index (χ0n) is 13.8. The molecule has 1 aromatic heterocycles. The second-order valence-electron chi connectivity index (χ2n) is 7.17. The molecule has 0 spiro atoms. The minimum Gasteiger partial charge on any atom is -0.333 e. The van der Waals surface area contributed by atoms with Crippen molar-refractivity contribution < 1.29 is 0 Å². The molecular formula is C17H31N3. The largest absolute Gasteiger partial charge is 0.333 e. The number of imidazole rings is 1. The Morgan fingerprint density at radius 2 is 1.95 bits per heavy atom. The van der Waals surface area contributed by atoms with E-state index in [4.69, 9.17) is 0 Å². The molecule has 1 aromatic rings. The fourth-order valence-electron chi connectivity index (χ4n) is 3.56. The van der Waals surface area contributed by atoms with Gasteiger partial charge >= 0.3 is 0 Å². The van der Waals surface area contributed by atoms with Gasteiger partial charge in [-0.05, 0) is 43.9 Å². The number of hydrogen-bond donors (Lipinski definition) is 1. The highest BCUT2D eigenvalue weighted by Crippen LogP contribution is 2.28. The lowest BCUT2D eigenvalue weighted by atomic mass is 9.85. The highest BCUT2D eigenvalue weighted by molar-refractivity contribution is 5.07. The van der Waals surface area contributed by atoms with E-state index < -0.39 is 0 Å². The van der Waals surface area contributed by atoms with Crippen LogP contribution in [0.4, 0.5) is 0 Å². The Kier molecular flexibility index (Phi) is 5.25. The Labute approximate surface area is 124 Å². The van der Waals surface area contributed by atoms with Crippen LogP contribution >= 0.6 is 0 Å². The summed E-state index contributed by atoms with van der Waals surface area (Å²) in [6, 6.07) is 1.12. The first-order valence-electron chi connectivity index (χ1n) is 8.25. The molecule has 2 unspecified atom stereocenters. The summed E-state index contributed by atoms with van der Waals surface area (Å²) in [5.74, 6) is 2.14. The van der Waals surface area contributed by atoms with Gasteiger partial charge in [-0.2, -0.15) is 0 Å². The molecule has 0 amide bonds. The van der Waals surface area contributed by atoms with E-state index in [1.807, 2.05) is 6.33 Å². The van der Waals surface area contributed by atoms with Crippen LogP contribution in [-0.4, -0.2) is 15.6 Å². The lowest BCUT2D eigenvalue weighted by molar-refractivity contribution is 0.243. The smallest absolute Gasteiger partial charge is 0.0948 e. The predicted octanol–water partition coefficient (Wildman–Crippen LogP) is 4.01. The van der Waals surface area contributed by atoms with Gasteiger partial charge in [0.05, 0.1) is 12.0 Å². The standard InChI is InChI=1S/C17H31N3/c1-12(2)15(13(3)4)10-20-11-18-9-17(20)16-8-6-7-14(5)19-16/h9,11-16,19H,6-8,10H2,1-5H3. The second-order valence-corrected chi connectivity index (χ2v) is 7.17. The van der Waals surface area contributed by atoms with Crippen molar-refractivity contribution in [3.63, 3.8) is 0 Å². The van der Waals surface area contributed by atoms with Crippen molar-refractivity contribution >= 4 is 0 Å². The zero-order chi connectivity index (χ0) is 14.7. The third-order valence-corrected chi connectivity index (χ3v) is 4.84. The van der Waals surface area contributed by atoms with Gasteiger partial charge in [0, 0.05) is 24.8 Å². The average molecular weight is 277 g/mol. The molecule has 20 heavy (non-hydrogen) atoms. The maximum atomic E-state index is 4.42. The van der Waals surface area contributed by atoms with E-state index in [-0.39, 0.29) is 0 Å². The van der Waals surface area contributed by atoms with E-state index >= 15 is 0 Å². The van der Waals surface area contributed by atoms with Crippen LogP contribution in [0.3, 0.4) is 0 Å². The van der Waals surface area contributed by atoms with Crippen molar-refractivity contribution in [1.29, 1.82) is 0 Å². The SMILES string of the molecule is CC1CCCC(c2cncn2CC(C(C)C)C(C)C)N1. The number of aromatic nitrogens is 2. The Bertz CT molecular complexity index is 400. The van der Waals surface area contributed by atoms with Gasteiger partial charge in [0.1, 0.15) is 0 Å². The molecule has 0 radical (unpaired) electrons. The third kappa shape index (κ3) is 3.63. The molecule has 1 fully saturated rings. The summed E-state index contributed by atoms with van der Waals surface area (Å²) in [5.41, 5.74) is 1.38. The zero-order valence-corrected chi connectivity index (χ0v) is 13.8. The van der Waals surface area contributed by atoms with Crippen molar-refractivity contribution in [2.75, 3.05) is 0 Å². The summed E-state index contributed by atoms with van der Waals surface area (Å²) in [7, 11) is 0. The fraction of sp³-hybridized carbons (Fsp3) is 0.824. The van der Waals surface area contributed by atoms with Gasteiger partial charge in [-0.3, -0.25) is 0 Å². The molecule has 0 bridgehead atoms. The summed E-state index contributed by atoms with van der Waals surface area (Å²) in [6.45, 7) is 12.7. The molecule has 1 aliphatic heterocycles. The Morgan fingerprint density at radius 3 is 2.55 bits per heavy atom. The summed E-state index contributed by atoms with van der Waals surface area (Å²) in [6.07, 6.45) is 7.94. The quantitative estimate of drug-likeness (QED) is 0.881. The molecule has 0 aliphatic carbocycles. The molecule has 0 saturated carbocycles. The van der Waals surface area contributed by atoms with Crippen LogP contribution in [0.2, 0.25) is 0 Å². The van der Waals surface area contributed by atoms with Crippen molar-refractivity contribution in [2.24, 2.45) is 17.8 Å². The number of hydrogen-bond acceptors (Lipinski definition) is 2. The van der Waals surface area contributed by atoms with Crippen LogP contribution in [0.1, 0.15) is 65.6 Å². The third-order valence-electron chi connectivity index (χ3n) is 4.84. The first kappa shape index (κ1) is 15.6. The predicted molar refractivity (Wildman–Crippen MR) is 84.6 cm³/mol. The van der Waals surface area contributed by atoms with E-state index in [1.54, 1.807) is 0 Å². The molecule has 0 aromatic carbocycles. The first-order chi connectivity index (χ1) is 9.49. The molecule has 1 saturated heterocycles. The van der Waals surface area contributed by atoms with Crippen molar-refractivity contribution in [3.8, 4) is 0 Å². The summed E-state index contributed by atoms with van der Waals surface area (Å²) in [5, 5.41) is 3.73. The topological polar surface area (TPSA) is 29.9 Å².